The lowest BCUT2D eigenvalue weighted by molar-refractivity contribution is 0.104. The molecule has 142 valence electrons. The van der Waals surface area contributed by atoms with Gasteiger partial charge in [-0.3, -0.25) is 4.79 Å². The van der Waals surface area contributed by atoms with Crippen LogP contribution < -0.4 is 0 Å². The second-order valence-electron chi connectivity index (χ2n) is 9.08. The zero-order valence-electron chi connectivity index (χ0n) is 17.0. The molecule has 3 rings (SSSR count). The van der Waals surface area contributed by atoms with E-state index in [1.807, 2.05) is 53.7 Å². The van der Waals surface area contributed by atoms with Crippen molar-refractivity contribution in [3.63, 3.8) is 0 Å². The molecule has 1 nitrogen and oxygen atoms in total. The van der Waals surface area contributed by atoms with Crippen molar-refractivity contribution in [2.75, 3.05) is 0 Å². The molecule has 28 heavy (non-hydrogen) atoms. The lowest BCUT2D eigenvalue weighted by Crippen LogP contribution is -2.00. The van der Waals surface area contributed by atoms with Crippen LogP contribution in [0.25, 0.3) is 11.1 Å². The third kappa shape index (κ3) is 4.28. The highest BCUT2D eigenvalue weighted by molar-refractivity contribution is 6.34. The molecule has 0 atom stereocenters. The van der Waals surface area contributed by atoms with Gasteiger partial charge >= 0.3 is 0 Å². The van der Waals surface area contributed by atoms with Crippen LogP contribution in [0.3, 0.4) is 0 Å². The summed E-state index contributed by atoms with van der Waals surface area (Å²) in [5.74, 6) is 12.5. The molecule has 0 bridgehead atoms. The number of hydrogen-bond donors (Lipinski definition) is 0. The van der Waals surface area contributed by atoms with Gasteiger partial charge in [-0.05, 0) is 76.9 Å². The third-order valence-electron chi connectivity index (χ3n) is 4.14. The van der Waals surface area contributed by atoms with Crippen LogP contribution in [0, 0.1) is 34.5 Å². The molecular formula is C25H22Cl2O. The number of carbonyl (C=O) groups is 1. The molecule has 1 aliphatic carbocycles. The molecule has 0 amide bonds. The van der Waals surface area contributed by atoms with Crippen LogP contribution in [0.1, 0.15) is 68.6 Å². The van der Waals surface area contributed by atoms with Crippen LogP contribution in [0.4, 0.5) is 0 Å². The number of hydrogen-bond acceptors (Lipinski definition) is 1. The number of fused-ring (bicyclic) bond motifs is 3. The number of halogens is 2. The van der Waals surface area contributed by atoms with E-state index in [1.165, 1.54) is 0 Å². The summed E-state index contributed by atoms with van der Waals surface area (Å²) in [5, 5.41) is 1.06. The number of ketones is 1. The van der Waals surface area contributed by atoms with E-state index in [2.05, 4.69) is 23.7 Å². The van der Waals surface area contributed by atoms with Gasteiger partial charge in [-0.25, -0.2) is 0 Å². The molecule has 0 heterocycles. The fourth-order valence-electron chi connectivity index (χ4n) is 2.81. The summed E-state index contributed by atoms with van der Waals surface area (Å²) in [7, 11) is 0. The highest BCUT2D eigenvalue weighted by atomic mass is 35.5. The predicted molar refractivity (Wildman–Crippen MR) is 118 cm³/mol. The van der Waals surface area contributed by atoms with Gasteiger partial charge in [0.05, 0.1) is 10.0 Å². The van der Waals surface area contributed by atoms with Crippen molar-refractivity contribution in [3.05, 3.63) is 56.6 Å². The molecule has 1 aliphatic rings. The van der Waals surface area contributed by atoms with Crippen molar-refractivity contribution in [1.82, 2.24) is 0 Å². The molecule has 0 unspecified atom stereocenters. The molecular weight excluding hydrogens is 387 g/mol. The number of benzene rings is 2. The van der Waals surface area contributed by atoms with Gasteiger partial charge in [-0.1, -0.05) is 46.9 Å². The molecule has 2 aromatic rings. The Kier molecular flexibility index (Phi) is 5.14. The molecule has 2 aromatic carbocycles. The van der Waals surface area contributed by atoms with E-state index < -0.39 is 0 Å². The normalized spacial score (nSPS) is 12.5. The summed E-state index contributed by atoms with van der Waals surface area (Å²) in [6.07, 6.45) is 0. The van der Waals surface area contributed by atoms with Crippen LogP contribution in [0.5, 0.6) is 0 Å². The maximum Gasteiger partial charge on any atom is 0.194 e. The summed E-state index contributed by atoms with van der Waals surface area (Å²) in [5.41, 5.74) is 3.83. The SMILES string of the molecule is CC(C)(C)C#Cc1cc2c(cc1Cl)-c1cc(Cl)c(C#CC(C)(C)C)cc1C2=O. The van der Waals surface area contributed by atoms with Gasteiger partial charge in [0.1, 0.15) is 0 Å². The third-order valence-corrected chi connectivity index (χ3v) is 4.76. The lowest BCUT2D eigenvalue weighted by Gasteiger charge is -2.08. The molecule has 0 saturated carbocycles. The van der Waals surface area contributed by atoms with Gasteiger partial charge in [0.15, 0.2) is 5.78 Å². The summed E-state index contributed by atoms with van der Waals surface area (Å²) >= 11 is 12.9. The highest BCUT2D eigenvalue weighted by Crippen LogP contribution is 2.41. The molecule has 0 fully saturated rings. The van der Waals surface area contributed by atoms with Crippen molar-refractivity contribution < 1.29 is 4.79 Å². The Morgan fingerprint density at radius 2 is 1.00 bits per heavy atom. The molecule has 0 N–H and O–H groups in total. The second kappa shape index (κ2) is 7.00. The monoisotopic (exact) mass is 408 g/mol. The van der Waals surface area contributed by atoms with Gasteiger partial charge in [0.25, 0.3) is 0 Å². The molecule has 0 spiro atoms. The topological polar surface area (TPSA) is 17.1 Å². The molecule has 0 aliphatic heterocycles. The van der Waals surface area contributed by atoms with Crippen molar-refractivity contribution in [2.24, 2.45) is 10.8 Å². The molecule has 0 saturated heterocycles. The zero-order chi connectivity index (χ0) is 20.9. The largest absolute Gasteiger partial charge is 0.289 e. The second-order valence-corrected chi connectivity index (χ2v) is 9.90. The maximum atomic E-state index is 13.0. The first kappa shape index (κ1) is 20.5. The minimum atomic E-state index is -0.149. The first-order valence-electron chi connectivity index (χ1n) is 9.14. The van der Waals surface area contributed by atoms with E-state index in [1.54, 1.807) is 12.1 Å². The average Bonchev–Trinajstić information content (AvgIpc) is 2.80. The number of carbonyl (C=O) groups excluding carboxylic acids is 1. The predicted octanol–water partition coefficient (Wildman–Crippen LogP) is 7.00. The Labute approximate surface area is 177 Å². The Balaban J connectivity index is 2.12. The van der Waals surface area contributed by atoms with Crippen LogP contribution in [0.2, 0.25) is 10.0 Å². The van der Waals surface area contributed by atoms with Crippen molar-refractivity contribution in [3.8, 4) is 34.8 Å². The summed E-state index contributed by atoms with van der Waals surface area (Å²) in [6.45, 7) is 12.2. The maximum absolute atomic E-state index is 13.0. The van der Waals surface area contributed by atoms with Gasteiger partial charge in [0, 0.05) is 33.1 Å². The van der Waals surface area contributed by atoms with Crippen molar-refractivity contribution >= 4 is 29.0 Å². The number of rotatable bonds is 0. The Bertz CT molecular complexity index is 1030. The van der Waals surface area contributed by atoms with Crippen molar-refractivity contribution in [1.29, 1.82) is 0 Å². The Hall–Kier alpha value is -2.19. The highest BCUT2D eigenvalue weighted by Gasteiger charge is 2.29. The van der Waals surface area contributed by atoms with Crippen LogP contribution in [-0.2, 0) is 0 Å². The molecule has 3 heteroatoms. The van der Waals surface area contributed by atoms with E-state index >= 15 is 0 Å². The van der Waals surface area contributed by atoms with Crippen LogP contribution in [0.15, 0.2) is 24.3 Å². The van der Waals surface area contributed by atoms with Gasteiger partial charge in [-0.2, -0.15) is 0 Å². The summed E-state index contributed by atoms with van der Waals surface area (Å²) < 4.78 is 0. The van der Waals surface area contributed by atoms with Crippen LogP contribution in [-0.4, -0.2) is 5.78 Å². The Morgan fingerprint density at radius 1 is 0.643 bits per heavy atom. The van der Waals surface area contributed by atoms with Crippen LogP contribution >= 0.6 is 23.2 Å². The quantitative estimate of drug-likeness (QED) is 0.365. The minimum Gasteiger partial charge on any atom is -0.289 e. The smallest absolute Gasteiger partial charge is 0.194 e. The van der Waals surface area contributed by atoms with E-state index in [0.29, 0.717) is 32.3 Å². The summed E-state index contributed by atoms with van der Waals surface area (Å²) in [6, 6.07) is 7.19. The standard InChI is InChI=1S/C25H22Cl2O/c1-24(2,3)9-7-15-11-19-17(13-21(15)26)18-14-22(27)16(8-10-25(4,5)6)12-20(18)23(19)28/h11-14H,1-6H3. The van der Waals surface area contributed by atoms with E-state index in [9.17, 15) is 4.79 Å². The lowest BCUT2D eigenvalue weighted by atomic mass is 9.96. The van der Waals surface area contributed by atoms with Gasteiger partial charge in [-0.15, -0.1) is 0 Å². The molecule has 0 aromatic heterocycles. The van der Waals surface area contributed by atoms with E-state index in [0.717, 1.165) is 11.1 Å². The minimum absolute atomic E-state index is 0.0454. The fraction of sp³-hybridized carbons (Fsp3) is 0.320. The first-order valence-corrected chi connectivity index (χ1v) is 9.90. The van der Waals surface area contributed by atoms with E-state index in [-0.39, 0.29) is 16.6 Å². The average molecular weight is 409 g/mol. The summed E-state index contributed by atoms with van der Waals surface area (Å²) in [4.78, 5) is 13.0. The van der Waals surface area contributed by atoms with Crippen molar-refractivity contribution in [2.45, 2.75) is 41.5 Å². The Morgan fingerprint density at radius 3 is 1.32 bits per heavy atom. The van der Waals surface area contributed by atoms with Gasteiger partial charge in [0.2, 0.25) is 0 Å². The zero-order valence-corrected chi connectivity index (χ0v) is 18.5. The van der Waals surface area contributed by atoms with Gasteiger partial charge < -0.3 is 0 Å². The first-order chi connectivity index (χ1) is 12.9. The fourth-order valence-corrected chi connectivity index (χ4v) is 3.24. The molecule has 0 radical (unpaired) electrons. The van der Waals surface area contributed by atoms with E-state index in [4.69, 9.17) is 23.2 Å².